The highest BCUT2D eigenvalue weighted by Crippen LogP contribution is 2.34. The van der Waals surface area contributed by atoms with Crippen LogP contribution in [0.2, 0.25) is 0 Å². The fraction of sp³-hybridized carbons (Fsp3) is 0.938. The van der Waals surface area contributed by atoms with Gasteiger partial charge in [-0.3, -0.25) is 4.79 Å². The molecule has 3 heteroatoms. The van der Waals surface area contributed by atoms with E-state index in [2.05, 4.69) is 20.8 Å². The molecule has 0 bridgehead atoms. The molecule has 0 radical (unpaired) electrons. The van der Waals surface area contributed by atoms with Crippen LogP contribution in [0.15, 0.2) is 0 Å². The summed E-state index contributed by atoms with van der Waals surface area (Å²) >= 11 is 0. The van der Waals surface area contributed by atoms with E-state index in [1.807, 2.05) is 4.90 Å². The Morgan fingerprint density at radius 3 is 2.58 bits per heavy atom. The van der Waals surface area contributed by atoms with Crippen LogP contribution >= 0.6 is 0 Å². The van der Waals surface area contributed by atoms with Gasteiger partial charge >= 0.3 is 0 Å². The van der Waals surface area contributed by atoms with Crippen molar-refractivity contribution in [3.05, 3.63) is 0 Å². The SMILES string of the molecule is CC1CCCC(N)(C(=O)N2CCCC(C)(C)CC2)C1. The molecule has 19 heavy (non-hydrogen) atoms. The molecular formula is C16H30N2O. The standard InChI is InChI=1S/C16H30N2O/c1-13-6-4-8-16(17,12-13)14(19)18-10-5-7-15(2,3)9-11-18/h13H,4-12,17H2,1-3H3. The van der Waals surface area contributed by atoms with Crippen LogP contribution in [0.5, 0.6) is 0 Å². The highest BCUT2D eigenvalue weighted by Gasteiger charge is 2.41. The second-order valence-corrected chi connectivity index (χ2v) is 7.67. The van der Waals surface area contributed by atoms with Gasteiger partial charge in [0.15, 0.2) is 0 Å². The molecule has 2 rings (SSSR count). The molecule has 0 spiro atoms. The Morgan fingerprint density at radius 2 is 1.89 bits per heavy atom. The van der Waals surface area contributed by atoms with Crippen LogP contribution in [0.25, 0.3) is 0 Å². The normalized spacial score (nSPS) is 35.8. The van der Waals surface area contributed by atoms with Gasteiger partial charge in [0.2, 0.25) is 5.91 Å². The molecule has 0 aromatic heterocycles. The molecule has 0 aromatic carbocycles. The second kappa shape index (κ2) is 5.43. The first-order valence-corrected chi connectivity index (χ1v) is 7.91. The van der Waals surface area contributed by atoms with Crippen molar-refractivity contribution in [3.8, 4) is 0 Å². The zero-order valence-electron chi connectivity index (χ0n) is 12.9. The zero-order valence-corrected chi connectivity index (χ0v) is 12.9. The fourth-order valence-corrected chi connectivity index (χ4v) is 3.73. The maximum Gasteiger partial charge on any atom is 0.242 e. The average Bonchev–Trinajstić information content (AvgIpc) is 2.49. The van der Waals surface area contributed by atoms with E-state index >= 15 is 0 Å². The summed E-state index contributed by atoms with van der Waals surface area (Å²) in [6.07, 6.45) is 7.49. The van der Waals surface area contributed by atoms with E-state index in [0.29, 0.717) is 11.3 Å². The van der Waals surface area contributed by atoms with Gasteiger partial charge in [-0.25, -0.2) is 0 Å². The van der Waals surface area contributed by atoms with E-state index in [1.54, 1.807) is 0 Å². The molecule has 2 atom stereocenters. The van der Waals surface area contributed by atoms with Crippen molar-refractivity contribution >= 4 is 5.91 Å². The number of carbonyl (C=O) groups excluding carboxylic acids is 1. The maximum atomic E-state index is 12.8. The lowest BCUT2D eigenvalue weighted by Gasteiger charge is -2.39. The van der Waals surface area contributed by atoms with Gasteiger partial charge in [-0.2, -0.15) is 0 Å². The highest BCUT2D eigenvalue weighted by atomic mass is 16.2. The maximum absolute atomic E-state index is 12.8. The fourth-order valence-electron chi connectivity index (χ4n) is 3.73. The molecule has 1 amide bonds. The van der Waals surface area contributed by atoms with Crippen LogP contribution in [0, 0.1) is 11.3 Å². The third-order valence-corrected chi connectivity index (χ3v) is 5.09. The third kappa shape index (κ3) is 3.50. The zero-order chi connectivity index (χ0) is 14.1. The van der Waals surface area contributed by atoms with Crippen LogP contribution < -0.4 is 5.73 Å². The average molecular weight is 266 g/mol. The van der Waals surface area contributed by atoms with Gasteiger partial charge in [-0.05, 0) is 43.4 Å². The van der Waals surface area contributed by atoms with E-state index in [1.165, 1.54) is 12.8 Å². The Morgan fingerprint density at radius 1 is 1.16 bits per heavy atom. The molecule has 0 aromatic rings. The largest absolute Gasteiger partial charge is 0.341 e. The molecule has 1 saturated heterocycles. The smallest absolute Gasteiger partial charge is 0.242 e. The van der Waals surface area contributed by atoms with Crippen LogP contribution in [0.4, 0.5) is 0 Å². The van der Waals surface area contributed by atoms with Gasteiger partial charge in [0.1, 0.15) is 0 Å². The van der Waals surface area contributed by atoms with Gasteiger partial charge in [-0.15, -0.1) is 0 Å². The number of carbonyl (C=O) groups is 1. The summed E-state index contributed by atoms with van der Waals surface area (Å²) in [5.41, 5.74) is 6.25. The van der Waals surface area contributed by atoms with Crippen LogP contribution in [-0.4, -0.2) is 29.4 Å². The first kappa shape index (κ1) is 14.8. The number of nitrogens with two attached hydrogens (primary N) is 1. The van der Waals surface area contributed by atoms with Gasteiger partial charge in [0.25, 0.3) is 0 Å². The predicted molar refractivity (Wildman–Crippen MR) is 78.8 cm³/mol. The number of hydrogen-bond donors (Lipinski definition) is 1. The lowest BCUT2D eigenvalue weighted by Crippen LogP contribution is -2.57. The molecule has 1 heterocycles. The summed E-state index contributed by atoms with van der Waals surface area (Å²) in [6, 6.07) is 0. The number of nitrogens with zero attached hydrogens (tertiary/aromatic N) is 1. The van der Waals surface area contributed by atoms with Crippen LogP contribution in [0.1, 0.15) is 65.7 Å². The van der Waals surface area contributed by atoms with Crippen molar-refractivity contribution in [2.24, 2.45) is 17.1 Å². The summed E-state index contributed by atoms with van der Waals surface area (Å²) in [5.74, 6) is 0.808. The topological polar surface area (TPSA) is 46.3 Å². The van der Waals surface area contributed by atoms with E-state index in [4.69, 9.17) is 5.73 Å². The Kier molecular flexibility index (Phi) is 4.24. The van der Waals surface area contributed by atoms with Crippen molar-refractivity contribution in [2.45, 2.75) is 71.3 Å². The van der Waals surface area contributed by atoms with Crippen molar-refractivity contribution in [1.82, 2.24) is 4.90 Å². The predicted octanol–water partition coefficient (Wildman–Crippen LogP) is 2.93. The number of rotatable bonds is 1. The first-order chi connectivity index (χ1) is 8.82. The van der Waals surface area contributed by atoms with Crippen molar-refractivity contribution in [2.75, 3.05) is 13.1 Å². The molecule has 2 unspecified atom stereocenters. The number of hydrogen-bond acceptors (Lipinski definition) is 2. The lowest BCUT2D eigenvalue weighted by molar-refractivity contribution is -0.138. The molecule has 2 fully saturated rings. The van der Waals surface area contributed by atoms with Crippen molar-refractivity contribution < 1.29 is 4.79 Å². The van der Waals surface area contributed by atoms with E-state index in [0.717, 1.165) is 45.2 Å². The summed E-state index contributed by atoms with van der Waals surface area (Å²) in [6.45, 7) is 8.62. The van der Waals surface area contributed by atoms with E-state index in [9.17, 15) is 4.79 Å². The molecule has 2 N–H and O–H groups in total. The Bertz CT molecular complexity index is 340. The molecular weight excluding hydrogens is 236 g/mol. The third-order valence-electron chi connectivity index (χ3n) is 5.09. The van der Waals surface area contributed by atoms with E-state index < -0.39 is 5.54 Å². The molecule has 1 saturated carbocycles. The Balaban J connectivity index is 2.02. The van der Waals surface area contributed by atoms with Gasteiger partial charge in [0, 0.05) is 13.1 Å². The first-order valence-electron chi connectivity index (χ1n) is 7.91. The molecule has 1 aliphatic heterocycles. The van der Waals surface area contributed by atoms with Crippen molar-refractivity contribution in [3.63, 3.8) is 0 Å². The number of likely N-dealkylation sites (tertiary alicyclic amines) is 1. The van der Waals surface area contributed by atoms with Crippen LogP contribution in [-0.2, 0) is 4.79 Å². The summed E-state index contributed by atoms with van der Waals surface area (Å²) < 4.78 is 0. The van der Waals surface area contributed by atoms with Gasteiger partial charge in [0.05, 0.1) is 5.54 Å². The minimum absolute atomic E-state index is 0.219. The molecule has 1 aliphatic carbocycles. The quantitative estimate of drug-likeness (QED) is 0.793. The van der Waals surface area contributed by atoms with E-state index in [-0.39, 0.29) is 5.91 Å². The highest BCUT2D eigenvalue weighted by molar-refractivity contribution is 5.86. The minimum atomic E-state index is -0.577. The summed E-state index contributed by atoms with van der Waals surface area (Å²) in [5, 5.41) is 0. The van der Waals surface area contributed by atoms with Gasteiger partial charge < -0.3 is 10.6 Å². The molecule has 110 valence electrons. The summed E-state index contributed by atoms with van der Waals surface area (Å²) in [4.78, 5) is 14.8. The monoisotopic (exact) mass is 266 g/mol. The number of amides is 1. The van der Waals surface area contributed by atoms with Crippen molar-refractivity contribution in [1.29, 1.82) is 0 Å². The Labute approximate surface area is 117 Å². The van der Waals surface area contributed by atoms with Crippen LogP contribution in [0.3, 0.4) is 0 Å². The molecule has 3 nitrogen and oxygen atoms in total. The summed E-state index contributed by atoms with van der Waals surface area (Å²) in [7, 11) is 0. The lowest BCUT2D eigenvalue weighted by atomic mass is 9.76. The Hall–Kier alpha value is -0.570. The molecule has 2 aliphatic rings. The second-order valence-electron chi connectivity index (χ2n) is 7.67. The minimum Gasteiger partial charge on any atom is -0.341 e. The van der Waals surface area contributed by atoms with Gasteiger partial charge in [-0.1, -0.05) is 33.6 Å².